The maximum absolute atomic E-state index is 12.4. The third-order valence-electron chi connectivity index (χ3n) is 4.27. The van der Waals surface area contributed by atoms with Gasteiger partial charge < -0.3 is 15.5 Å². The number of rotatable bonds is 4. The molecule has 0 bridgehead atoms. The lowest BCUT2D eigenvalue weighted by Crippen LogP contribution is -2.71. The normalized spacial score (nSPS) is 22.1. The number of benzene rings is 1. The number of fused-ring (bicyclic) bond motifs is 1. The maximum atomic E-state index is 12.4. The summed E-state index contributed by atoms with van der Waals surface area (Å²) in [7, 11) is 0. The molecule has 0 aromatic heterocycles. The van der Waals surface area contributed by atoms with E-state index >= 15 is 0 Å². The summed E-state index contributed by atoms with van der Waals surface area (Å²) in [5.74, 6) is -3.84. The number of aliphatic carboxylic acids is 1. The van der Waals surface area contributed by atoms with Crippen LogP contribution in [0.2, 0.25) is 0 Å². The van der Waals surface area contributed by atoms with Crippen molar-refractivity contribution >= 4 is 35.4 Å². The Balaban J connectivity index is 1.81. The van der Waals surface area contributed by atoms with Crippen LogP contribution in [0.25, 0.3) is 0 Å². The highest BCUT2D eigenvalue weighted by Crippen LogP contribution is 2.38. The first kappa shape index (κ1) is 17.0. The molecule has 9 heteroatoms. The summed E-state index contributed by atoms with van der Waals surface area (Å²) in [6.07, 6.45) is 0.697. The molecule has 8 nitrogen and oxygen atoms in total. The first-order valence-corrected chi connectivity index (χ1v) is 7.79. The highest BCUT2D eigenvalue weighted by atomic mass is 35.5. The van der Waals surface area contributed by atoms with Crippen LogP contribution in [0.4, 0.5) is 0 Å². The molecule has 0 saturated carbocycles. The predicted molar refractivity (Wildman–Crippen MR) is 85.0 cm³/mol. The lowest BCUT2D eigenvalue weighted by molar-refractivity contribution is -0.153. The average molecular weight is 365 g/mol. The Kier molecular flexibility index (Phi) is 4.22. The molecule has 0 radical (unpaired) electrons. The van der Waals surface area contributed by atoms with E-state index < -0.39 is 35.8 Å². The zero-order valence-electron chi connectivity index (χ0n) is 12.7. The van der Waals surface area contributed by atoms with Gasteiger partial charge in [-0.3, -0.25) is 14.5 Å². The number of allylic oxidation sites excluding steroid dienone is 1. The second-order valence-corrected chi connectivity index (χ2v) is 6.13. The zero-order valence-corrected chi connectivity index (χ0v) is 13.5. The van der Waals surface area contributed by atoms with Crippen molar-refractivity contribution in [2.45, 2.75) is 24.9 Å². The smallest absolute Gasteiger partial charge is 0.353 e. The summed E-state index contributed by atoms with van der Waals surface area (Å²) in [5, 5.41) is 20.9. The molecular formula is C16H13ClN2O6. The molecular weight excluding hydrogens is 352 g/mol. The van der Waals surface area contributed by atoms with Crippen LogP contribution in [0.1, 0.15) is 33.6 Å². The molecule has 2 heterocycles. The quantitative estimate of drug-likeness (QED) is 0.685. The van der Waals surface area contributed by atoms with Gasteiger partial charge in [-0.05, 0) is 25.0 Å². The third-order valence-corrected chi connectivity index (χ3v) is 4.64. The van der Waals surface area contributed by atoms with Gasteiger partial charge in [0, 0.05) is 5.03 Å². The van der Waals surface area contributed by atoms with E-state index in [0.29, 0.717) is 6.42 Å². The second-order valence-electron chi connectivity index (χ2n) is 5.67. The van der Waals surface area contributed by atoms with Gasteiger partial charge in [-0.1, -0.05) is 23.7 Å². The van der Waals surface area contributed by atoms with Crippen LogP contribution in [-0.4, -0.2) is 50.9 Å². The standard InChI is InChI=1S/C16H13ClN2O6/c17-9-5-6-10-11(14(21)19(10)12(9)16(24)25)18-13(20)7-3-1-2-4-8(7)15(22)23/h1-4,10-11H,5-6H2,(H,18,20)(H,22,23)(H,24,25). The molecule has 2 aliphatic rings. The fraction of sp³-hybridized carbons (Fsp3) is 0.250. The summed E-state index contributed by atoms with van der Waals surface area (Å²) < 4.78 is 0. The minimum atomic E-state index is -1.30. The van der Waals surface area contributed by atoms with Gasteiger partial charge in [-0.15, -0.1) is 0 Å². The molecule has 2 amide bonds. The predicted octanol–water partition coefficient (Wildman–Crippen LogP) is 1.02. The molecule has 1 fully saturated rings. The summed E-state index contributed by atoms with van der Waals surface area (Å²) >= 11 is 5.89. The van der Waals surface area contributed by atoms with Gasteiger partial charge in [0.05, 0.1) is 17.2 Å². The number of amides is 2. The van der Waals surface area contributed by atoms with E-state index in [9.17, 15) is 24.3 Å². The number of hydrogen-bond acceptors (Lipinski definition) is 4. The lowest BCUT2D eigenvalue weighted by Gasteiger charge is -2.49. The minimum Gasteiger partial charge on any atom is -0.478 e. The maximum Gasteiger partial charge on any atom is 0.353 e. The van der Waals surface area contributed by atoms with Crippen LogP contribution in [0.3, 0.4) is 0 Å². The SMILES string of the molecule is O=C(O)C1=C(Cl)CCC2C(NC(=O)c3ccccc3C(=O)O)C(=O)N12. The Morgan fingerprint density at radius 3 is 2.36 bits per heavy atom. The summed E-state index contributed by atoms with van der Waals surface area (Å²) in [6, 6.07) is 4.22. The Morgan fingerprint density at radius 2 is 1.76 bits per heavy atom. The molecule has 1 saturated heterocycles. The number of halogens is 1. The zero-order chi connectivity index (χ0) is 18.3. The molecule has 25 heavy (non-hydrogen) atoms. The second kappa shape index (κ2) is 6.21. The van der Waals surface area contributed by atoms with Gasteiger partial charge in [-0.25, -0.2) is 9.59 Å². The van der Waals surface area contributed by atoms with Crippen molar-refractivity contribution in [3.05, 3.63) is 46.1 Å². The summed E-state index contributed by atoms with van der Waals surface area (Å²) in [6.45, 7) is 0. The number of carbonyl (C=O) groups excluding carboxylic acids is 2. The molecule has 0 aliphatic carbocycles. The van der Waals surface area contributed by atoms with Gasteiger partial charge in [0.2, 0.25) is 0 Å². The summed E-state index contributed by atoms with van der Waals surface area (Å²) in [5.41, 5.74) is -0.509. The number of β-lactam (4-membered cyclic amide) rings is 1. The first-order chi connectivity index (χ1) is 11.8. The number of carbonyl (C=O) groups is 4. The molecule has 2 unspecified atom stereocenters. The van der Waals surface area contributed by atoms with Crippen LogP contribution >= 0.6 is 11.6 Å². The minimum absolute atomic E-state index is 0.0657. The van der Waals surface area contributed by atoms with E-state index in [4.69, 9.17) is 16.7 Å². The average Bonchev–Trinajstić information content (AvgIpc) is 2.58. The van der Waals surface area contributed by atoms with E-state index in [1.165, 1.54) is 24.3 Å². The topological polar surface area (TPSA) is 124 Å². The first-order valence-electron chi connectivity index (χ1n) is 7.41. The van der Waals surface area contributed by atoms with Gasteiger partial charge >= 0.3 is 11.9 Å². The van der Waals surface area contributed by atoms with E-state index in [0.717, 1.165) is 4.90 Å². The van der Waals surface area contributed by atoms with Crippen molar-refractivity contribution in [2.75, 3.05) is 0 Å². The van der Waals surface area contributed by atoms with Crippen LogP contribution < -0.4 is 5.32 Å². The van der Waals surface area contributed by atoms with Crippen LogP contribution in [0.15, 0.2) is 35.0 Å². The van der Waals surface area contributed by atoms with Gasteiger partial charge in [0.1, 0.15) is 11.7 Å². The van der Waals surface area contributed by atoms with E-state index in [1.54, 1.807) is 0 Å². The highest BCUT2D eigenvalue weighted by Gasteiger charge is 2.53. The van der Waals surface area contributed by atoms with E-state index in [-0.39, 0.29) is 28.3 Å². The van der Waals surface area contributed by atoms with Crippen molar-refractivity contribution in [3.63, 3.8) is 0 Å². The third kappa shape index (κ3) is 2.74. The Morgan fingerprint density at radius 1 is 1.12 bits per heavy atom. The number of nitrogens with zero attached hydrogens (tertiary/aromatic N) is 1. The lowest BCUT2D eigenvalue weighted by atomic mass is 9.86. The molecule has 130 valence electrons. The van der Waals surface area contributed by atoms with Crippen molar-refractivity contribution in [3.8, 4) is 0 Å². The van der Waals surface area contributed by atoms with E-state index in [1.807, 2.05) is 0 Å². The molecule has 0 spiro atoms. The fourth-order valence-corrected chi connectivity index (χ4v) is 3.38. The Labute approximate surface area is 146 Å². The van der Waals surface area contributed by atoms with Crippen LogP contribution in [-0.2, 0) is 9.59 Å². The largest absolute Gasteiger partial charge is 0.478 e. The molecule has 2 atom stereocenters. The molecule has 3 rings (SSSR count). The van der Waals surface area contributed by atoms with Crippen LogP contribution in [0, 0.1) is 0 Å². The summed E-state index contributed by atoms with van der Waals surface area (Å²) in [4.78, 5) is 48.2. The number of carboxylic acid groups (broad SMARTS) is 2. The van der Waals surface area contributed by atoms with Crippen molar-refractivity contribution in [2.24, 2.45) is 0 Å². The Bertz CT molecular complexity index is 834. The highest BCUT2D eigenvalue weighted by molar-refractivity contribution is 6.32. The van der Waals surface area contributed by atoms with Crippen molar-refractivity contribution in [1.29, 1.82) is 0 Å². The monoisotopic (exact) mass is 364 g/mol. The van der Waals surface area contributed by atoms with Gasteiger partial charge in [0.25, 0.3) is 11.8 Å². The van der Waals surface area contributed by atoms with Crippen molar-refractivity contribution in [1.82, 2.24) is 10.2 Å². The number of aromatic carboxylic acids is 1. The van der Waals surface area contributed by atoms with Gasteiger partial charge in [-0.2, -0.15) is 0 Å². The van der Waals surface area contributed by atoms with Gasteiger partial charge in [0.15, 0.2) is 0 Å². The molecule has 2 aliphatic heterocycles. The van der Waals surface area contributed by atoms with Crippen molar-refractivity contribution < 1.29 is 29.4 Å². The number of nitrogens with one attached hydrogen (secondary N) is 1. The van der Waals surface area contributed by atoms with E-state index in [2.05, 4.69) is 5.32 Å². The fourth-order valence-electron chi connectivity index (χ4n) is 3.10. The molecule has 3 N–H and O–H groups in total. The molecule has 1 aromatic carbocycles. The number of carboxylic acids is 2. The number of hydrogen-bond donors (Lipinski definition) is 3. The van der Waals surface area contributed by atoms with Crippen LogP contribution in [0.5, 0.6) is 0 Å². The Hall–Kier alpha value is -2.87. The molecule has 1 aromatic rings.